The number of rotatable bonds is 4. The fourth-order valence-electron chi connectivity index (χ4n) is 1.78. The first-order valence-electron chi connectivity index (χ1n) is 6.22. The lowest BCUT2D eigenvalue weighted by Gasteiger charge is -2.07. The van der Waals surface area contributed by atoms with Crippen LogP contribution in [0.5, 0.6) is 0 Å². The van der Waals surface area contributed by atoms with E-state index in [1.54, 1.807) is 24.0 Å². The van der Waals surface area contributed by atoms with Crippen LogP contribution in [-0.4, -0.2) is 27.2 Å². The molecule has 0 unspecified atom stereocenters. The van der Waals surface area contributed by atoms with Crippen molar-refractivity contribution in [3.8, 4) is 0 Å². The lowest BCUT2D eigenvalue weighted by Crippen LogP contribution is -2.13. The molecule has 106 valence electrons. The van der Waals surface area contributed by atoms with Gasteiger partial charge < -0.3 is 10.6 Å². The van der Waals surface area contributed by atoms with Crippen LogP contribution in [-0.2, 0) is 7.05 Å². The summed E-state index contributed by atoms with van der Waals surface area (Å²) in [6, 6.07) is 1.59. The van der Waals surface area contributed by atoms with Gasteiger partial charge in [-0.05, 0) is 19.9 Å². The van der Waals surface area contributed by atoms with Crippen LogP contribution < -0.4 is 10.6 Å². The van der Waals surface area contributed by atoms with E-state index in [9.17, 15) is 4.79 Å². The molecule has 0 atom stereocenters. The van der Waals surface area contributed by atoms with Gasteiger partial charge in [0.05, 0.1) is 22.0 Å². The number of amides is 1. The van der Waals surface area contributed by atoms with Gasteiger partial charge in [0, 0.05) is 26.0 Å². The molecule has 0 radical (unpaired) electrons. The van der Waals surface area contributed by atoms with E-state index in [0.717, 1.165) is 5.69 Å². The molecule has 2 rings (SSSR count). The Morgan fingerprint density at radius 2 is 2.25 bits per heavy atom. The van der Waals surface area contributed by atoms with Gasteiger partial charge in [-0.3, -0.25) is 9.48 Å². The van der Waals surface area contributed by atoms with Gasteiger partial charge in [-0.1, -0.05) is 11.6 Å². The molecule has 0 bridgehead atoms. The Labute approximate surface area is 122 Å². The monoisotopic (exact) mass is 293 g/mol. The van der Waals surface area contributed by atoms with Crippen LogP contribution in [0.3, 0.4) is 0 Å². The van der Waals surface area contributed by atoms with Crippen molar-refractivity contribution in [2.45, 2.75) is 13.8 Å². The summed E-state index contributed by atoms with van der Waals surface area (Å²) in [5.41, 5.74) is 1.83. The number of pyridine rings is 1. The Balaban J connectivity index is 2.17. The SMILES string of the molecule is CCNc1ncc(C(=O)Nc2cn(C)nc2C)cc1Cl. The van der Waals surface area contributed by atoms with Gasteiger partial charge in [0.2, 0.25) is 0 Å². The molecule has 0 aliphatic heterocycles. The minimum atomic E-state index is -0.265. The molecule has 2 N–H and O–H groups in total. The minimum absolute atomic E-state index is 0.265. The number of aromatic nitrogens is 3. The number of halogens is 1. The predicted molar refractivity (Wildman–Crippen MR) is 79.3 cm³/mol. The number of nitrogens with zero attached hydrogens (tertiary/aromatic N) is 3. The van der Waals surface area contributed by atoms with Crippen LogP contribution in [0.4, 0.5) is 11.5 Å². The second-order valence-electron chi connectivity index (χ2n) is 4.34. The normalized spacial score (nSPS) is 10.4. The summed E-state index contributed by atoms with van der Waals surface area (Å²) in [7, 11) is 1.80. The van der Waals surface area contributed by atoms with Crippen LogP contribution in [0.25, 0.3) is 0 Å². The topological polar surface area (TPSA) is 71.8 Å². The molecule has 0 saturated carbocycles. The Morgan fingerprint density at radius 1 is 1.50 bits per heavy atom. The highest BCUT2D eigenvalue weighted by Crippen LogP contribution is 2.21. The number of carbonyl (C=O) groups excluding carboxylic acids is 1. The lowest BCUT2D eigenvalue weighted by molar-refractivity contribution is 0.102. The van der Waals surface area contributed by atoms with Crippen LogP contribution in [0.15, 0.2) is 18.5 Å². The summed E-state index contributed by atoms with van der Waals surface area (Å²) >= 11 is 6.07. The molecule has 20 heavy (non-hydrogen) atoms. The highest BCUT2D eigenvalue weighted by atomic mass is 35.5. The summed E-state index contributed by atoms with van der Waals surface area (Å²) in [5, 5.41) is 10.4. The molecule has 0 aromatic carbocycles. The highest BCUT2D eigenvalue weighted by Gasteiger charge is 2.12. The van der Waals surface area contributed by atoms with E-state index < -0.39 is 0 Å². The number of nitrogens with one attached hydrogen (secondary N) is 2. The molecular formula is C13H16ClN5O. The molecule has 2 heterocycles. The van der Waals surface area contributed by atoms with Gasteiger partial charge in [0.25, 0.3) is 5.91 Å². The minimum Gasteiger partial charge on any atom is -0.369 e. The third-order valence-electron chi connectivity index (χ3n) is 2.71. The van der Waals surface area contributed by atoms with Gasteiger partial charge in [0.15, 0.2) is 0 Å². The average molecular weight is 294 g/mol. The number of hydrogen-bond acceptors (Lipinski definition) is 4. The zero-order valence-electron chi connectivity index (χ0n) is 11.6. The maximum atomic E-state index is 12.1. The molecule has 2 aromatic heterocycles. The summed E-state index contributed by atoms with van der Waals surface area (Å²) in [6.45, 7) is 4.49. The van der Waals surface area contributed by atoms with Crippen LogP contribution in [0.1, 0.15) is 23.0 Å². The largest absolute Gasteiger partial charge is 0.369 e. The van der Waals surface area contributed by atoms with E-state index in [-0.39, 0.29) is 5.91 Å². The summed E-state index contributed by atoms with van der Waals surface area (Å²) < 4.78 is 1.64. The van der Waals surface area contributed by atoms with Crippen LogP contribution in [0.2, 0.25) is 5.02 Å². The van der Waals surface area contributed by atoms with E-state index in [1.807, 2.05) is 13.8 Å². The molecule has 1 amide bonds. The van der Waals surface area contributed by atoms with Gasteiger partial charge in [0.1, 0.15) is 5.82 Å². The Kier molecular flexibility index (Phi) is 4.24. The zero-order valence-corrected chi connectivity index (χ0v) is 12.3. The molecule has 0 spiro atoms. The van der Waals surface area contributed by atoms with Crippen molar-refractivity contribution in [3.63, 3.8) is 0 Å². The Morgan fingerprint density at radius 3 is 2.80 bits per heavy atom. The molecule has 7 heteroatoms. The summed E-state index contributed by atoms with van der Waals surface area (Å²) in [5.74, 6) is 0.307. The summed E-state index contributed by atoms with van der Waals surface area (Å²) in [6.07, 6.45) is 3.24. The molecular weight excluding hydrogens is 278 g/mol. The van der Waals surface area contributed by atoms with Crippen molar-refractivity contribution < 1.29 is 4.79 Å². The first-order valence-corrected chi connectivity index (χ1v) is 6.60. The van der Waals surface area contributed by atoms with Crippen molar-refractivity contribution >= 4 is 29.0 Å². The van der Waals surface area contributed by atoms with E-state index in [0.29, 0.717) is 28.6 Å². The second kappa shape index (κ2) is 5.92. The Hall–Kier alpha value is -2.08. The third-order valence-corrected chi connectivity index (χ3v) is 3.00. The lowest BCUT2D eigenvalue weighted by atomic mass is 10.2. The van der Waals surface area contributed by atoms with Gasteiger partial charge in [-0.2, -0.15) is 5.10 Å². The maximum Gasteiger partial charge on any atom is 0.257 e. The number of hydrogen-bond donors (Lipinski definition) is 2. The third kappa shape index (κ3) is 3.08. The average Bonchev–Trinajstić information content (AvgIpc) is 2.70. The van der Waals surface area contributed by atoms with Crippen molar-refractivity contribution in [2.24, 2.45) is 7.05 Å². The number of aryl methyl sites for hydroxylation is 2. The first kappa shape index (κ1) is 14.3. The van der Waals surface area contributed by atoms with Gasteiger partial charge in [-0.25, -0.2) is 4.98 Å². The standard InChI is InChI=1S/C13H16ClN5O/c1-4-15-12-10(14)5-9(6-16-12)13(20)17-11-7-19(3)18-8(11)2/h5-7H,4H2,1-3H3,(H,15,16)(H,17,20). The quantitative estimate of drug-likeness (QED) is 0.908. The smallest absolute Gasteiger partial charge is 0.257 e. The van der Waals surface area contributed by atoms with E-state index in [2.05, 4.69) is 20.7 Å². The fraction of sp³-hybridized carbons (Fsp3) is 0.308. The first-order chi connectivity index (χ1) is 9.51. The molecule has 0 saturated heterocycles. The van der Waals surface area contributed by atoms with Crippen molar-refractivity contribution in [3.05, 3.63) is 34.7 Å². The number of carbonyl (C=O) groups is 1. The van der Waals surface area contributed by atoms with Crippen LogP contribution in [0, 0.1) is 6.92 Å². The molecule has 6 nitrogen and oxygen atoms in total. The van der Waals surface area contributed by atoms with Crippen LogP contribution >= 0.6 is 11.6 Å². The van der Waals surface area contributed by atoms with E-state index in [4.69, 9.17) is 11.6 Å². The van der Waals surface area contributed by atoms with Crippen molar-refractivity contribution in [1.82, 2.24) is 14.8 Å². The van der Waals surface area contributed by atoms with E-state index >= 15 is 0 Å². The van der Waals surface area contributed by atoms with Crippen molar-refractivity contribution in [2.75, 3.05) is 17.2 Å². The van der Waals surface area contributed by atoms with Gasteiger partial charge >= 0.3 is 0 Å². The van der Waals surface area contributed by atoms with Crippen molar-refractivity contribution in [1.29, 1.82) is 0 Å². The van der Waals surface area contributed by atoms with E-state index in [1.165, 1.54) is 6.20 Å². The highest BCUT2D eigenvalue weighted by molar-refractivity contribution is 6.33. The second-order valence-corrected chi connectivity index (χ2v) is 4.75. The molecule has 2 aromatic rings. The summed E-state index contributed by atoms with van der Waals surface area (Å²) in [4.78, 5) is 16.3. The Bertz CT molecular complexity index is 638. The molecule has 0 aliphatic carbocycles. The zero-order chi connectivity index (χ0) is 14.7. The predicted octanol–water partition coefficient (Wildman–Crippen LogP) is 2.46. The molecule has 0 aliphatic rings. The maximum absolute atomic E-state index is 12.1. The van der Waals surface area contributed by atoms with Gasteiger partial charge in [-0.15, -0.1) is 0 Å². The molecule has 0 fully saturated rings. The number of anilines is 2. The fourth-order valence-corrected chi connectivity index (χ4v) is 2.01.